The van der Waals surface area contributed by atoms with Crippen LogP contribution in [0.15, 0.2) is 24.3 Å². The molecule has 5 heteroatoms. The molecule has 1 fully saturated rings. The number of nitrogen functional groups attached to an aromatic ring is 1. The van der Waals surface area contributed by atoms with Crippen molar-refractivity contribution in [3.05, 3.63) is 24.3 Å². The lowest BCUT2D eigenvalue weighted by Gasteiger charge is -2.30. The minimum absolute atomic E-state index is 0.453. The van der Waals surface area contributed by atoms with Crippen LogP contribution in [0.1, 0.15) is 32.6 Å². The van der Waals surface area contributed by atoms with E-state index in [0.717, 1.165) is 16.7 Å². The van der Waals surface area contributed by atoms with Crippen molar-refractivity contribution in [3.8, 4) is 0 Å². The first-order chi connectivity index (χ1) is 9.78. The van der Waals surface area contributed by atoms with E-state index in [1.54, 1.807) is 0 Å². The van der Waals surface area contributed by atoms with Gasteiger partial charge in [-0.1, -0.05) is 31.9 Å². The van der Waals surface area contributed by atoms with Crippen molar-refractivity contribution in [1.29, 1.82) is 0 Å². The van der Waals surface area contributed by atoms with Crippen LogP contribution in [-0.4, -0.2) is 16.0 Å². The van der Waals surface area contributed by atoms with E-state index < -0.39 is 0 Å². The van der Waals surface area contributed by atoms with Gasteiger partial charge in [0.2, 0.25) is 5.95 Å². The quantitative estimate of drug-likeness (QED) is 0.591. The second-order valence-electron chi connectivity index (χ2n) is 5.57. The number of benzene rings is 1. The zero-order valence-electron chi connectivity index (χ0n) is 11.8. The summed E-state index contributed by atoms with van der Waals surface area (Å²) < 4.78 is 0. The number of hydrogen-bond donors (Lipinski definition) is 3. The highest BCUT2D eigenvalue weighted by Crippen LogP contribution is 2.29. The molecule has 2 atom stereocenters. The Morgan fingerprint density at radius 1 is 1.15 bits per heavy atom. The Kier molecular flexibility index (Phi) is 3.69. The number of nitrogens with one attached hydrogen (secondary N) is 2. The molecule has 1 aliphatic rings. The Labute approximate surface area is 119 Å². The van der Waals surface area contributed by atoms with Crippen molar-refractivity contribution < 1.29 is 0 Å². The zero-order chi connectivity index (χ0) is 13.9. The van der Waals surface area contributed by atoms with Crippen LogP contribution in [0.5, 0.6) is 0 Å². The number of hydrazine groups is 1. The van der Waals surface area contributed by atoms with E-state index in [4.69, 9.17) is 5.84 Å². The van der Waals surface area contributed by atoms with Crippen LogP contribution in [0.25, 0.3) is 10.9 Å². The van der Waals surface area contributed by atoms with Crippen LogP contribution in [0.3, 0.4) is 0 Å². The average molecular weight is 271 g/mol. The summed E-state index contributed by atoms with van der Waals surface area (Å²) >= 11 is 0. The van der Waals surface area contributed by atoms with Crippen LogP contribution in [-0.2, 0) is 0 Å². The summed E-state index contributed by atoms with van der Waals surface area (Å²) in [6.45, 7) is 2.31. The van der Waals surface area contributed by atoms with Crippen molar-refractivity contribution in [2.24, 2.45) is 11.8 Å². The summed E-state index contributed by atoms with van der Waals surface area (Å²) in [5.41, 5.74) is 3.45. The molecular formula is C15H21N5. The molecule has 0 bridgehead atoms. The van der Waals surface area contributed by atoms with Gasteiger partial charge in [0.05, 0.1) is 5.52 Å². The summed E-state index contributed by atoms with van der Waals surface area (Å²) in [5, 5.41) is 4.65. The van der Waals surface area contributed by atoms with Crippen molar-refractivity contribution in [2.75, 3.05) is 10.7 Å². The maximum absolute atomic E-state index is 5.47. The van der Waals surface area contributed by atoms with Gasteiger partial charge >= 0.3 is 0 Å². The van der Waals surface area contributed by atoms with Gasteiger partial charge in [-0.05, 0) is 30.9 Å². The van der Waals surface area contributed by atoms with Gasteiger partial charge in [0.1, 0.15) is 5.82 Å². The Bertz CT molecular complexity index is 598. The summed E-state index contributed by atoms with van der Waals surface area (Å²) in [6.07, 6.45) is 5.10. The molecule has 0 saturated heterocycles. The number of nitrogens with zero attached hydrogens (tertiary/aromatic N) is 2. The molecule has 1 saturated carbocycles. The molecule has 1 aromatic heterocycles. The number of hydrogen-bond acceptors (Lipinski definition) is 5. The lowest BCUT2D eigenvalue weighted by molar-refractivity contribution is 0.349. The van der Waals surface area contributed by atoms with Gasteiger partial charge in [-0.25, -0.2) is 10.8 Å². The molecule has 0 radical (unpaired) electrons. The molecule has 106 valence electrons. The van der Waals surface area contributed by atoms with E-state index in [0.29, 0.717) is 17.9 Å². The molecular weight excluding hydrogens is 250 g/mol. The van der Waals surface area contributed by atoms with Gasteiger partial charge in [-0.3, -0.25) is 5.43 Å². The minimum Gasteiger partial charge on any atom is -0.366 e. The van der Waals surface area contributed by atoms with Crippen molar-refractivity contribution in [1.82, 2.24) is 9.97 Å². The molecule has 0 amide bonds. The fourth-order valence-corrected chi connectivity index (χ4v) is 2.96. The number of para-hydroxylation sites is 1. The Hall–Kier alpha value is -1.88. The Balaban J connectivity index is 1.96. The maximum atomic E-state index is 5.47. The average Bonchev–Trinajstić information content (AvgIpc) is 2.49. The molecule has 1 aliphatic carbocycles. The van der Waals surface area contributed by atoms with Crippen LogP contribution in [0.2, 0.25) is 0 Å². The first-order valence-corrected chi connectivity index (χ1v) is 7.28. The topological polar surface area (TPSA) is 75.9 Å². The lowest BCUT2D eigenvalue weighted by atomic mass is 9.86. The number of anilines is 2. The molecule has 0 aliphatic heterocycles. The lowest BCUT2D eigenvalue weighted by Crippen LogP contribution is -2.31. The second-order valence-corrected chi connectivity index (χ2v) is 5.57. The molecule has 1 heterocycles. The first kappa shape index (κ1) is 13.1. The molecule has 2 aromatic rings. The SMILES string of the molecule is CC1CCCCC1Nc1nc(NN)nc2ccccc12. The van der Waals surface area contributed by atoms with E-state index in [1.165, 1.54) is 25.7 Å². The summed E-state index contributed by atoms with van der Waals surface area (Å²) in [4.78, 5) is 8.87. The summed E-state index contributed by atoms with van der Waals surface area (Å²) in [7, 11) is 0. The van der Waals surface area contributed by atoms with Crippen LogP contribution in [0, 0.1) is 5.92 Å². The van der Waals surface area contributed by atoms with E-state index in [9.17, 15) is 0 Å². The smallest absolute Gasteiger partial charge is 0.239 e. The Morgan fingerprint density at radius 2 is 1.95 bits per heavy atom. The largest absolute Gasteiger partial charge is 0.366 e. The highest BCUT2D eigenvalue weighted by atomic mass is 15.3. The zero-order valence-corrected chi connectivity index (χ0v) is 11.8. The third-order valence-electron chi connectivity index (χ3n) is 4.17. The van der Waals surface area contributed by atoms with E-state index >= 15 is 0 Å². The van der Waals surface area contributed by atoms with Gasteiger partial charge < -0.3 is 5.32 Å². The van der Waals surface area contributed by atoms with Gasteiger partial charge in [-0.2, -0.15) is 4.98 Å². The molecule has 2 unspecified atom stereocenters. The van der Waals surface area contributed by atoms with E-state index in [2.05, 4.69) is 27.6 Å². The van der Waals surface area contributed by atoms with Gasteiger partial charge in [-0.15, -0.1) is 0 Å². The normalized spacial score (nSPS) is 22.7. The summed E-state index contributed by atoms with van der Waals surface area (Å²) in [6, 6.07) is 8.49. The highest BCUT2D eigenvalue weighted by molar-refractivity contribution is 5.90. The number of fused-ring (bicyclic) bond motifs is 1. The predicted octanol–water partition coefficient (Wildman–Crippen LogP) is 2.91. The molecule has 3 rings (SSSR count). The van der Waals surface area contributed by atoms with Crippen LogP contribution >= 0.6 is 0 Å². The van der Waals surface area contributed by atoms with E-state index in [-0.39, 0.29) is 0 Å². The second kappa shape index (κ2) is 5.63. The van der Waals surface area contributed by atoms with Crippen molar-refractivity contribution >= 4 is 22.7 Å². The number of aromatic nitrogens is 2. The van der Waals surface area contributed by atoms with Crippen LogP contribution < -0.4 is 16.6 Å². The highest BCUT2D eigenvalue weighted by Gasteiger charge is 2.22. The minimum atomic E-state index is 0.453. The van der Waals surface area contributed by atoms with Gasteiger partial charge in [0.15, 0.2) is 0 Å². The predicted molar refractivity (Wildman–Crippen MR) is 82.4 cm³/mol. The standard InChI is InChI=1S/C15H21N5/c1-10-6-2-4-8-12(10)17-14-11-7-3-5-9-13(11)18-15(19-14)20-16/h3,5,7,9-10,12H,2,4,6,8,16H2,1H3,(H2,17,18,19,20). The molecule has 20 heavy (non-hydrogen) atoms. The molecule has 0 spiro atoms. The molecule has 5 nitrogen and oxygen atoms in total. The number of rotatable bonds is 3. The van der Waals surface area contributed by atoms with E-state index in [1.807, 2.05) is 24.3 Å². The third-order valence-corrected chi connectivity index (χ3v) is 4.17. The summed E-state index contributed by atoms with van der Waals surface area (Å²) in [5.74, 6) is 7.47. The number of nitrogens with two attached hydrogens (primary N) is 1. The Morgan fingerprint density at radius 3 is 2.75 bits per heavy atom. The first-order valence-electron chi connectivity index (χ1n) is 7.28. The van der Waals surface area contributed by atoms with Gasteiger partial charge in [0.25, 0.3) is 0 Å². The monoisotopic (exact) mass is 271 g/mol. The molecule has 1 aromatic carbocycles. The van der Waals surface area contributed by atoms with Crippen molar-refractivity contribution in [2.45, 2.75) is 38.6 Å². The third kappa shape index (κ3) is 2.54. The van der Waals surface area contributed by atoms with Crippen LogP contribution in [0.4, 0.5) is 11.8 Å². The molecule has 4 N–H and O–H groups in total. The fraction of sp³-hybridized carbons (Fsp3) is 0.467. The fourth-order valence-electron chi connectivity index (χ4n) is 2.96. The van der Waals surface area contributed by atoms with Crippen molar-refractivity contribution in [3.63, 3.8) is 0 Å². The maximum Gasteiger partial charge on any atom is 0.239 e. The van der Waals surface area contributed by atoms with Gasteiger partial charge in [0, 0.05) is 11.4 Å².